The van der Waals surface area contributed by atoms with Gasteiger partial charge in [0.2, 0.25) is 0 Å². The van der Waals surface area contributed by atoms with Gasteiger partial charge in [0.15, 0.2) is 0 Å². The molecule has 6 aromatic rings. The van der Waals surface area contributed by atoms with Crippen LogP contribution in [0.4, 0.5) is 0 Å². The molecular weight excluding hydrogens is 602 g/mol. The molecule has 0 spiro atoms. The average Bonchev–Trinajstić information content (AvgIpc) is 3.73. The van der Waals surface area contributed by atoms with Gasteiger partial charge in [-0.1, -0.05) is 111 Å². The molecule has 0 fully saturated rings. The second-order valence-electron chi connectivity index (χ2n) is 11.4. The summed E-state index contributed by atoms with van der Waals surface area (Å²) in [6.45, 7) is 6.96. The maximum absolute atomic E-state index is 4.92. The minimum absolute atomic E-state index is 0. The van der Waals surface area contributed by atoms with E-state index in [0.717, 1.165) is 17.5 Å². The van der Waals surface area contributed by atoms with E-state index in [-0.39, 0.29) is 22.5 Å². The third-order valence-corrected chi connectivity index (χ3v) is 8.81. The van der Waals surface area contributed by atoms with Crippen LogP contribution in [0.3, 0.4) is 0 Å². The maximum Gasteiger partial charge on any atom is 0.0766 e. The Morgan fingerprint density at radius 2 is 1.09 bits per heavy atom. The second kappa shape index (κ2) is 14.5. The van der Waals surface area contributed by atoms with Crippen molar-refractivity contribution in [3.05, 3.63) is 168 Å². The van der Waals surface area contributed by atoms with Crippen molar-refractivity contribution in [3.8, 4) is 22.3 Å². The van der Waals surface area contributed by atoms with Crippen LogP contribution >= 0.6 is 18.5 Å². The van der Waals surface area contributed by atoms with Crippen LogP contribution in [0.5, 0.6) is 0 Å². The quantitative estimate of drug-likeness (QED) is 0.103. The molecule has 0 saturated carbocycles. The van der Waals surface area contributed by atoms with Crippen LogP contribution in [0.25, 0.3) is 22.3 Å². The van der Waals surface area contributed by atoms with Crippen LogP contribution in [0.15, 0.2) is 140 Å². The molecule has 0 aliphatic heterocycles. The fourth-order valence-corrected chi connectivity index (χ4v) is 6.85. The third-order valence-electron chi connectivity index (χ3n) is 7.52. The molecular formula is C38H38FeN2P2-6. The van der Waals surface area contributed by atoms with Crippen LogP contribution in [0.2, 0.25) is 0 Å². The van der Waals surface area contributed by atoms with Gasteiger partial charge in [0.25, 0.3) is 0 Å². The Bertz CT molecular complexity index is 1620. The largest absolute Gasteiger partial charge is 0.748 e. The van der Waals surface area contributed by atoms with Crippen molar-refractivity contribution < 1.29 is 17.1 Å². The number of rotatable bonds is 6. The standard InChI is InChI=1S/C33H33N2P2.C5H5.Fe/c1-32(2,3)31-29(24-16-8-5-9-17-24)28(23-14-6-4-7-15-23)25(22-36)30(31)33(37,26-18-10-12-20-34-26)27-19-11-13-21-35-27;1-2-4-5-3-1;/h4-21H,22,36-37H2,1-3H3;1-5H;/q-1;-5;. The summed E-state index contributed by atoms with van der Waals surface area (Å²) in [5.74, 6) is 0. The van der Waals surface area contributed by atoms with E-state index in [1.165, 1.54) is 38.9 Å². The van der Waals surface area contributed by atoms with Crippen molar-refractivity contribution >= 4 is 18.5 Å². The zero-order valence-electron chi connectivity index (χ0n) is 24.9. The molecule has 0 bridgehead atoms. The van der Waals surface area contributed by atoms with Gasteiger partial charge in [-0.2, -0.15) is 0 Å². The number of benzene rings is 2. The average molecular weight is 641 g/mol. The molecule has 2 atom stereocenters. The van der Waals surface area contributed by atoms with Gasteiger partial charge in [0.05, 0.1) is 16.5 Å². The molecule has 2 unspecified atom stereocenters. The molecule has 4 aromatic carbocycles. The van der Waals surface area contributed by atoms with Crippen molar-refractivity contribution in [2.45, 2.75) is 37.5 Å². The fourth-order valence-electron chi connectivity index (χ4n) is 5.78. The number of pyridine rings is 2. The summed E-state index contributed by atoms with van der Waals surface area (Å²) in [4.78, 5) is 9.84. The van der Waals surface area contributed by atoms with Crippen molar-refractivity contribution in [3.63, 3.8) is 0 Å². The van der Waals surface area contributed by atoms with Gasteiger partial charge in [-0.25, -0.2) is 0 Å². The zero-order chi connectivity index (χ0) is 29.6. The molecule has 224 valence electrons. The van der Waals surface area contributed by atoms with Crippen molar-refractivity contribution in [1.82, 2.24) is 9.97 Å². The van der Waals surface area contributed by atoms with Gasteiger partial charge in [-0.3, -0.25) is 9.97 Å². The van der Waals surface area contributed by atoms with Gasteiger partial charge >= 0.3 is 0 Å². The van der Waals surface area contributed by atoms with Crippen molar-refractivity contribution in [2.24, 2.45) is 0 Å². The Kier molecular flexibility index (Phi) is 11.1. The number of aromatic nitrogens is 2. The first kappa shape index (κ1) is 32.7. The molecule has 6 rings (SSSR count). The second-order valence-corrected chi connectivity index (χ2v) is 12.6. The molecule has 0 radical (unpaired) electrons. The van der Waals surface area contributed by atoms with Crippen molar-refractivity contribution in [2.75, 3.05) is 0 Å². The van der Waals surface area contributed by atoms with Crippen LogP contribution in [0.1, 0.15) is 48.8 Å². The van der Waals surface area contributed by atoms with Crippen LogP contribution in [-0.4, -0.2) is 9.97 Å². The molecule has 0 amide bonds. The Labute approximate surface area is 272 Å². The Balaban J connectivity index is 0.000000641. The van der Waals surface area contributed by atoms with Crippen molar-refractivity contribution in [1.29, 1.82) is 0 Å². The zero-order valence-corrected chi connectivity index (χ0v) is 28.3. The van der Waals surface area contributed by atoms with Gasteiger partial charge in [-0.05, 0) is 29.7 Å². The summed E-state index contributed by atoms with van der Waals surface area (Å²) >= 11 is 0. The summed E-state index contributed by atoms with van der Waals surface area (Å²) in [5.41, 5.74) is 10.7. The first-order chi connectivity index (χ1) is 20.4. The van der Waals surface area contributed by atoms with E-state index in [2.05, 4.69) is 124 Å². The summed E-state index contributed by atoms with van der Waals surface area (Å²) in [7, 11) is 6.20. The molecule has 43 heavy (non-hydrogen) atoms. The number of hydrogen-bond acceptors (Lipinski definition) is 2. The Morgan fingerprint density at radius 1 is 0.651 bits per heavy atom. The minimum Gasteiger partial charge on any atom is -0.748 e. The van der Waals surface area contributed by atoms with E-state index in [1.807, 2.05) is 54.9 Å². The van der Waals surface area contributed by atoms with E-state index in [9.17, 15) is 0 Å². The summed E-state index contributed by atoms with van der Waals surface area (Å²) in [6.07, 6.45) is 4.58. The van der Waals surface area contributed by atoms with E-state index in [4.69, 9.17) is 9.97 Å². The van der Waals surface area contributed by atoms with E-state index in [1.54, 1.807) is 0 Å². The van der Waals surface area contributed by atoms with Gasteiger partial charge in [0.1, 0.15) is 0 Å². The van der Waals surface area contributed by atoms with E-state index < -0.39 is 5.16 Å². The molecule has 2 heterocycles. The molecule has 2 nitrogen and oxygen atoms in total. The first-order valence-electron chi connectivity index (χ1n) is 14.3. The normalized spacial score (nSPS) is 11.3. The van der Waals surface area contributed by atoms with Crippen LogP contribution in [-0.2, 0) is 33.8 Å². The molecule has 0 N–H and O–H groups in total. The summed E-state index contributed by atoms with van der Waals surface area (Å²) in [5, 5.41) is -0.631. The molecule has 0 aliphatic rings. The van der Waals surface area contributed by atoms with E-state index in [0.29, 0.717) is 0 Å². The molecule has 2 aromatic heterocycles. The van der Waals surface area contributed by atoms with Crippen LogP contribution < -0.4 is 0 Å². The predicted molar refractivity (Wildman–Crippen MR) is 185 cm³/mol. The number of nitrogens with zero attached hydrogens (tertiary/aromatic N) is 2. The smallest absolute Gasteiger partial charge is 0.0766 e. The van der Waals surface area contributed by atoms with Gasteiger partial charge in [-0.15, -0.1) is 46.3 Å². The first-order valence-corrected chi connectivity index (χ1v) is 15.7. The summed E-state index contributed by atoms with van der Waals surface area (Å²) < 4.78 is 0. The Morgan fingerprint density at radius 3 is 1.49 bits per heavy atom. The Hall–Kier alpha value is -3.18. The monoisotopic (exact) mass is 640 g/mol. The van der Waals surface area contributed by atoms with Crippen LogP contribution in [0, 0.1) is 0 Å². The topological polar surface area (TPSA) is 25.8 Å². The SMILES string of the molecule is CC(C)(C)[c-]1c(-c2ccccc2)c(-c2ccccc2)c(CP)c1C(P)(c1ccccn1)c1ccccn1.[Fe].[cH-]1[cH-][cH-][cH-][cH-]1. The molecule has 0 saturated heterocycles. The third kappa shape index (κ3) is 6.82. The predicted octanol–water partition coefficient (Wildman–Crippen LogP) is 9.77. The van der Waals surface area contributed by atoms with E-state index >= 15 is 0 Å². The number of hydrogen-bond donors (Lipinski definition) is 0. The summed E-state index contributed by atoms with van der Waals surface area (Å²) in [6, 6.07) is 44.0. The molecule has 0 aliphatic carbocycles. The van der Waals surface area contributed by atoms with Gasteiger partial charge < -0.3 is 30.3 Å². The minimum atomic E-state index is -0.631. The molecule has 5 heteroatoms. The maximum atomic E-state index is 4.92. The fraction of sp³-hybridized carbons (Fsp3) is 0.158. The van der Waals surface area contributed by atoms with Gasteiger partial charge in [0, 0.05) is 29.5 Å².